The molecule has 0 saturated heterocycles. The molecule has 11 heteroatoms. The van der Waals surface area contributed by atoms with E-state index in [-0.39, 0.29) is 6.61 Å². The lowest BCUT2D eigenvalue weighted by atomic mass is 10.2. The summed E-state index contributed by atoms with van der Waals surface area (Å²) in [6.45, 7) is 13.2. The number of rotatable bonds is 8. The highest BCUT2D eigenvalue weighted by Gasteiger charge is 2.21. The molecule has 3 rings (SSSR count). The van der Waals surface area contributed by atoms with Gasteiger partial charge in [0.05, 0.1) is 19.2 Å². The molecule has 3 heterocycles. The molecule has 0 unspecified atom stereocenters. The van der Waals surface area contributed by atoms with Crippen molar-refractivity contribution in [1.29, 1.82) is 0 Å². The average Bonchev–Trinajstić information content (AvgIpc) is 3.35. The molecule has 0 bridgehead atoms. The summed E-state index contributed by atoms with van der Waals surface area (Å²) in [5, 5.41) is 15.2. The van der Waals surface area contributed by atoms with Crippen molar-refractivity contribution in [2.75, 3.05) is 6.61 Å². The van der Waals surface area contributed by atoms with Crippen LogP contribution in [0.15, 0.2) is 48.2 Å². The number of aromatic nitrogens is 7. The number of aliphatic hydroxyl groups excluding tert-OH is 1. The Kier molecular flexibility index (Phi) is 7.86. The zero-order valence-corrected chi connectivity index (χ0v) is 18.2. The van der Waals surface area contributed by atoms with Crippen LogP contribution in [0, 0.1) is 0 Å². The number of aromatic amines is 2. The molecular formula is C20H27N7O4. The van der Waals surface area contributed by atoms with Gasteiger partial charge in [-0.1, -0.05) is 20.4 Å². The van der Waals surface area contributed by atoms with Crippen molar-refractivity contribution in [1.82, 2.24) is 34.7 Å². The lowest BCUT2D eigenvalue weighted by Crippen LogP contribution is -2.27. The van der Waals surface area contributed by atoms with Gasteiger partial charge in [0.15, 0.2) is 17.3 Å². The molecule has 0 saturated carbocycles. The van der Waals surface area contributed by atoms with Crippen LogP contribution < -0.4 is 5.69 Å². The summed E-state index contributed by atoms with van der Waals surface area (Å²) in [5.74, 6) is -0.0269. The number of nitrogens with zero attached hydrogens (tertiary/aromatic N) is 5. The first-order valence-electron chi connectivity index (χ1n) is 9.64. The average molecular weight is 429 g/mol. The first-order chi connectivity index (χ1) is 14.8. The summed E-state index contributed by atoms with van der Waals surface area (Å²) >= 11 is 0. The number of fused-ring (bicyclic) bond motifs is 1. The standard InChI is InChI=1S/C18H21N7O4.C2H6/c1-11(8-12(2)29-18(3,4)28-7-5-6-26)15-23-24-17(27)25(15)16-13-14(20-9-19-13)21-10-22-16;1-2/h5-6,8-10,26H,2,7H2,1,3-4H3,(H,24,27)(H,19,20,21,22);1-2H3/b6-5+,11-8+;. The molecule has 0 aliphatic heterocycles. The van der Waals surface area contributed by atoms with E-state index in [0.29, 0.717) is 34.1 Å². The lowest BCUT2D eigenvalue weighted by Gasteiger charge is -2.26. The number of H-pyrrole nitrogens is 2. The van der Waals surface area contributed by atoms with E-state index in [1.54, 1.807) is 26.8 Å². The van der Waals surface area contributed by atoms with Crippen molar-refractivity contribution < 1.29 is 14.6 Å². The summed E-state index contributed by atoms with van der Waals surface area (Å²) in [6.07, 6.45) is 6.76. The fourth-order valence-corrected chi connectivity index (χ4v) is 2.65. The highest BCUT2D eigenvalue weighted by atomic mass is 16.7. The van der Waals surface area contributed by atoms with Crippen LogP contribution in [0.3, 0.4) is 0 Å². The molecule has 0 fully saturated rings. The topological polar surface area (TPSA) is 144 Å². The second-order valence-electron chi connectivity index (χ2n) is 6.48. The normalized spacial score (nSPS) is 12.1. The fraction of sp³-hybridized carbons (Fsp3) is 0.350. The minimum absolute atomic E-state index is 0.173. The third kappa shape index (κ3) is 5.66. The third-order valence-corrected chi connectivity index (χ3v) is 3.83. The van der Waals surface area contributed by atoms with Gasteiger partial charge in [-0.05, 0) is 24.6 Å². The van der Waals surface area contributed by atoms with E-state index in [1.807, 2.05) is 13.8 Å². The predicted molar refractivity (Wildman–Crippen MR) is 116 cm³/mol. The van der Waals surface area contributed by atoms with Crippen LogP contribution >= 0.6 is 0 Å². The van der Waals surface area contributed by atoms with Crippen LogP contribution in [0.4, 0.5) is 0 Å². The Labute approximate surface area is 179 Å². The molecule has 0 aliphatic carbocycles. The van der Waals surface area contributed by atoms with Gasteiger partial charge in [-0.15, -0.1) is 0 Å². The van der Waals surface area contributed by atoms with E-state index < -0.39 is 11.5 Å². The van der Waals surface area contributed by atoms with E-state index in [2.05, 4.69) is 36.7 Å². The summed E-state index contributed by atoms with van der Waals surface area (Å²) in [4.78, 5) is 27.6. The van der Waals surface area contributed by atoms with E-state index in [1.165, 1.54) is 23.3 Å². The number of nitrogens with one attached hydrogen (secondary N) is 2. The molecule has 0 aliphatic rings. The molecule has 0 spiro atoms. The molecule has 11 nitrogen and oxygen atoms in total. The Bertz CT molecular complexity index is 1140. The van der Waals surface area contributed by atoms with E-state index in [0.717, 1.165) is 6.26 Å². The quantitative estimate of drug-likeness (QED) is 0.282. The molecule has 166 valence electrons. The number of hydrogen-bond acceptors (Lipinski definition) is 8. The molecule has 3 aromatic heterocycles. The Hall–Kier alpha value is -3.73. The molecule has 3 aromatic rings. The SMILES string of the molecule is C=C(/C=C(\C)c1n[nH]c(=O)n1-c1ncnc2nc[nH]c12)OC(C)(C)OC/C=C/O.CC. The molecule has 3 N–H and O–H groups in total. The number of aliphatic hydroxyl groups is 1. The van der Waals surface area contributed by atoms with Crippen molar-refractivity contribution in [3.05, 3.63) is 59.7 Å². The van der Waals surface area contributed by atoms with E-state index in [4.69, 9.17) is 14.6 Å². The van der Waals surface area contributed by atoms with Gasteiger partial charge >= 0.3 is 5.69 Å². The van der Waals surface area contributed by atoms with Gasteiger partial charge in [-0.2, -0.15) is 5.10 Å². The maximum absolute atomic E-state index is 12.4. The molecule has 31 heavy (non-hydrogen) atoms. The Balaban J connectivity index is 0.00000166. The Morgan fingerprint density at radius 2 is 2.06 bits per heavy atom. The zero-order chi connectivity index (χ0) is 23.0. The van der Waals surface area contributed by atoms with Gasteiger partial charge in [0.2, 0.25) is 5.79 Å². The first kappa shape index (κ1) is 23.5. The van der Waals surface area contributed by atoms with Crippen molar-refractivity contribution >= 4 is 16.7 Å². The van der Waals surface area contributed by atoms with Gasteiger partial charge in [0.25, 0.3) is 0 Å². The fourth-order valence-electron chi connectivity index (χ4n) is 2.65. The second-order valence-corrected chi connectivity index (χ2v) is 6.48. The van der Waals surface area contributed by atoms with Crippen LogP contribution in [0.25, 0.3) is 22.6 Å². The van der Waals surface area contributed by atoms with Crippen molar-refractivity contribution in [3.63, 3.8) is 0 Å². The molecular weight excluding hydrogens is 402 g/mol. The summed E-state index contributed by atoms with van der Waals surface area (Å²) in [5.41, 5.74) is 1.07. The van der Waals surface area contributed by atoms with Crippen molar-refractivity contribution in [3.8, 4) is 5.82 Å². The predicted octanol–water partition coefficient (Wildman–Crippen LogP) is 3.01. The van der Waals surface area contributed by atoms with Gasteiger partial charge in [-0.25, -0.2) is 29.4 Å². The van der Waals surface area contributed by atoms with Crippen LogP contribution in [-0.4, -0.2) is 52.2 Å². The maximum Gasteiger partial charge on any atom is 0.349 e. The number of hydrogen-bond donors (Lipinski definition) is 3. The van der Waals surface area contributed by atoms with Gasteiger partial charge in [0, 0.05) is 13.8 Å². The maximum atomic E-state index is 12.4. The van der Waals surface area contributed by atoms with Crippen LogP contribution in [0.2, 0.25) is 0 Å². The first-order valence-corrected chi connectivity index (χ1v) is 9.64. The van der Waals surface area contributed by atoms with Crippen LogP contribution in [0.5, 0.6) is 0 Å². The number of ether oxygens (including phenoxy) is 2. The molecule has 0 amide bonds. The van der Waals surface area contributed by atoms with Crippen molar-refractivity contribution in [2.45, 2.75) is 40.4 Å². The number of allylic oxidation sites excluding steroid dienone is 2. The largest absolute Gasteiger partial charge is 0.516 e. The molecule has 0 radical (unpaired) electrons. The monoisotopic (exact) mass is 429 g/mol. The van der Waals surface area contributed by atoms with Gasteiger partial charge < -0.3 is 19.6 Å². The minimum Gasteiger partial charge on any atom is -0.516 e. The van der Waals surface area contributed by atoms with Crippen LogP contribution in [0.1, 0.15) is 40.4 Å². The Morgan fingerprint density at radius 3 is 2.77 bits per heavy atom. The van der Waals surface area contributed by atoms with E-state index >= 15 is 0 Å². The summed E-state index contributed by atoms with van der Waals surface area (Å²) in [7, 11) is 0. The highest BCUT2D eigenvalue weighted by molar-refractivity contribution is 5.78. The van der Waals surface area contributed by atoms with Crippen molar-refractivity contribution in [2.24, 2.45) is 0 Å². The minimum atomic E-state index is -0.979. The van der Waals surface area contributed by atoms with E-state index in [9.17, 15) is 4.79 Å². The molecule has 0 atom stereocenters. The highest BCUT2D eigenvalue weighted by Crippen LogP contribution is 2.21. The Morgan fingerprint density at radius 1 is 1.32 bits per heavy atom. The number of imidazole rings is 1. The lowest BCUT2D eigenvalue weighted by molar-refractivity contribution is -0.179. The zero-order valence-electron chi connectivity index (χ0n) is 18.2. The van der Waals surface area contributed by atoms with Gasteiger partial charge in [0.1, 0.15) is 17.6 Å². The smallest absolute Gasteiger partial charge is 0.349 e. The third-order valence-electron chi connectivity index (χ3n) is 3.83. The summed E-state index contributed by atoms with van der Waals surface area (Å²) < 4.78 is 12.5. The molecule has 0 aromatic carbocycles. The summed E-state index contributed by atoms with van der Waals surface area (Å²) in [6, 6.07) is 0. The van der Waals surface area contributed by atoms with Gasteiger partial charge in [-0.3, -0.25) is 0 Å². The van der Waals surface area contributed by atoms with Crippen LogP contribution in [-0.2, 0) is 9.47 Å². The second kappa shape index (κ2) is 10.3.